The van der Waals surface area contributed by atoms with Gasteiger partial charge in [0.15, 0.2) is 0 Å². The molecule has 1 aliphatic heterocycles. The van der Waals surface area contributed by atoms with Gasteiger partial charge in [-0.3, -0.25) is 4.79 Å². The molecule has 0 aliphatic carbocycles. The second kappa shape index (κ2) is 15.3. The zero-order valence-corrected chi connectivity index (χ0v) is 21.5. The van der Waals surface area contributed by atoms with Crippen LogP contribution in [0.25, 0.3) is 0 Å². The molecule has 183 valence electrons. The first-order chi connectivity index (χ1) is 14.7. The fourth-order valence-electron chi connectivity index (χ4n) is 5.14. The van der Waals surface area contributed by atoms with Gasteiger partial charge < -0.3 is 4.74 Å². The predicted molar refractivity (Wildman–Crippen MR) is 129 cm³/mol. The summed E-state index contributed by atoms with van der Waals surface area (Å²) in [5.41, 5.74) is -0.970. The van der Waals surface area contributed by atoms with Gasteiger partial charge in [-0.15, -0.1) is 10.3 Å². The summed E-state index contributed by atoms with van der Waals surface area (Å²) in [6.45, 7) is 10.0. The molecule has 0 aromatic carbocycles. The van der Waals surface area contributed by atoms with E-state index in [9.17, 15) is 10.0 Å². The Hall–Kier alpha value is -0.610. The number of hydrogen-bond donors (Lipinski definition) is 0. The van der Waals surface area contributed by atoms with Crippen molar-refractivity contribution >= 4 is 5.97 Å². The Morgan fingerprint density at radius 2 is 1.06 bits per heavy atom. The predicted octanol–water partition coefficient (Wildman–Crippen LogP) is 8.16. The van der Waals surface area contributed by atoms with E-state index in [-0.39, 0.29) is 12.1 Å². The van der Waals surface area contributed by atoms with E-state index in [1.165, 1.54) is 88.5 Å². The molecule has 4 heteroatoms. The third kappa shape index (κ3) is 12.3. The van der Waals surface area contributed by atoms with Crippen LogP contribution in [0.1, 0.15) is 150 Å². The molecule has 0 amide bonds. The van der Waals surface area contributed by atoms with Crippen LogP contribution in [0.4, 0.5) is 0 Å². The fourth-order valence-corrected chi connectivity index (χ4v) is 5.14. The van der Waals surface area contributed by atoms with Gasteiger partial charge in [0.25, 0.3) is 0 Å². The molecule has 1 aliphatic rings. The van der Waals surface area contributed by atoms with Crippen molar-refractivity contribution in [3.8, 4) is 0 Å². The summed E-state index contributed by atoms with van der Waals surface area (Å²) in [4.78, 5) is 12.2. The Balaban J connectivity index is 1.95. The van der Waals surface area contributed by atoms with E-state index >= 15 is 0 Å². The summed E-state index contributed by atoms with van der Waals surface area (Å²) >= 11 is 0. The topological polar surface area (TPSA) is 49.4 Å². The maximum absolute atomic E-state index is 12.4. The van der Waals surface area contributed by atoms with E-state index in [2.05, 4.69) is 6.92 Å². The second-order valence-corrected chi connectivity index (χ2v) is 11.1. The van der Waals surface area contributed by atoms with Gasteiger partial charge in [0.2, 0.25) is 0 Å². The normalized spacial score (nSPS) is 18.9. The molecular weight excluding hydrogens is 386 g/mol. The van der Waals surface area contributed by atoms with Gasteiger partial charge in [0, 0.05) is 30.3 Å². The van der Waals surface area contributed by atoms with E-state index in [4.69, 9.17) is 4.74 Å². The van der Waals surface area contributed by atoms with Crippen LogP contribution in [0.15, 0.2) is 0 Å². The number of esters is 1. The minimum absolute atomic E-state index is 0.0920. The average Bonchev–Trinajstić information content (AvgIpc) is 2.68. The van der Waals surface area contributed by atoms with E-state index in [1.807, 2.05) is 27.7 Å². The first-order valence-electron chi connectivity index (χ1n) is 13.4. The molecule has 0 unspecified atom stereocenters. The van der Waals surface area contributed by atoms with E-state index in [1.54, 1.807) is 0 Å². The van der Waals surface area contributed by atoms with Crippen molar-refractivity contribution in [2.45, 2.75) is 167 Å². The summed E-state index contributed by atoms with van der Waals surface area (Å²) < 4.78 is 5.73. The molecule has 0 aromatic heterocycles. The first-order valence-corrected chi connectivity index (χ1v) is 13.4. The maximum Gasteiger partial charge on any atom is 0.306 e. The number of unbranched alkanes of at least 4 members (excludes halogenated alkanes) is 14. The van der Waals surface area contributed by atoms with Crippen LogP contribution in [-0.2, 0) is 14.7 Å². The van der Waals surface area contributed by atoms with Crippen LogP contribution >= 0.6 is 0 Å². The lowest BCUT2D eigenvalue weighted by Crippen LogP contribution is -2.60. The molecule has 0 spiro atoms. The van der Waals surface area contributed by atoms with Crippen LogP contribution in [0, 0.1) is 0 Å². The average molecular weight is 439 g/mol. The third-order valence-corrected chi connectivity index (χ3v) is 6.84. The number of hydroxylamine groups is 2. The highest BCUT2D eigenvalue weighted by Crippen LogP contribution is 2.38. The van der Waals surface area contributed by atoms with Crippen molar-refractivity contribution in [3.63, 3.8) is 0 Å². The van der Waals surface area contributed by atoms with Gasteiger partial charge in [0.1, 0.15) is 6.10 Å². The lowest BCUT2D eigenvalue weighted by atomic mass is 9.80. The molecule has 0 bridgehead atoms. The van der Waals surface area contributed by atoms with Gasteiger partial charge in [-0.05, 0) is 34.1 Å². The second-order valence-electron chi connectivity index (χ2n) is 11.1. The number of nitrogens with zero attached hydrogens (tertiary/aromatic N) is 1. The molecule has 1 rings (SSSR count). The van der Waals surface area contributed by atoms with Crippen molar-refractivity contribution in [2.75, 3.05) is 0 Å². The molecule has 4 nitrogen and oxygen atoms in total. The Morgan fingerprint density at radius 3 is 1.45 bits per heavy atom. The van der Waals surface area contributed by atoms with Crippen molar-refractivity contribution in [1.29, 1.82) is 0 Å². The fraction of sp³-hybridized carbons (Fsp3) is 0.963. The third-order valence-electron chi connectivity index (χ3n) is 6.84. The molecule has 1 heterocycles. The number of hydrogen-bond acceptors (Lipinski definition) is 3. The van der Waals surface area contributed by atoms with Crippen molar-refractivity contribution in [2.24, 2.45) is 0 Å². The molecule has 1 radical (unpaired) electrons. The molecule has 0 atom stereocenters. The molecule has 0 saturated carbocycles. The lowest BCUT2D eigenvalue weighted by molar-refractivity contribution is -0.299. The molecule has 0 N–H and O–H groups in total. The Bertz CT molecular complexity index is 457. The van der Waals surface area contributed by atoms with Crippen molar-refractivity contribution < 1.29 is 14.7 Å². The smallest absolute Gasteiger partial charge is 0.306 e. The molecular formula is C27H52NO3. The van der Waals surface area contributed by atoms with Crippen molar-refractivity contribution in [1.82, 2.24) is 5.06 Å². The summed E-state index contributed by atoms with van der Waals surface area (Å²) in [5.74, 6) is -0.0920. The minimum Gasteiger partial charge on any atom is -0.462 e. The van der Waals surface area contributed by atoms with Crippen LogP contribution in [0.5, 0.6) is 0 Å². The van der Waals surface area contributed by atoms with Crippen LogP contribution < -0.4 is 0 Å². The number of ether oxygens (including phenoxy) is 1. The van der Waals surface area contributed by atoms with Gasteiger partial charge in [-0.2, -0.15) is 0 Å². The number of piperidine rings is 1. The minimum atomic E-state index is -0.485. The number of carbonyl (C=O) groups excluding carboxylic acids is 1. The zero-order valence-electron chi connectivity index (χ0n) is 21.5. The van der Waals surface area contributed by atoms with Gasteiger partial charge in [0.05, 0.1) is 0 Å². The van der Waals surface area contributed by atoms with Gasteiger partial charge >= 0.3 is 5.97 Å². The maximum atomic E-state index is 12.4. The molecule has 1 saturated heterocycles. The highest BCUT2D eigenvalue weighted by atomic mass is 16.5. The molecule has 0 aromatic rings. The van der Waals surface area contributed by atoms with Crippen LogP contribution in [0.3, 0.4) is 0 Å². The number of rotatable bonds is 17. The van der Waals surface area contributed by atoms with E-state index < -0.39 is 11.1 Å². The van der Waals surface area contributed by atoms with E-state index in [0.29, 0.717) is 19.3 Å². The Labute approximate surface area is 193 Å². The summed E-state index contributed by atoms with van der Waals surface area (Å²) in [6, 6.07) is 0. The standard InChI is InChI=1S/C27H52NO3/c1-6-7-8-9-10-11-12-13-14-15-16-17-18-19-20-21-25(29)31-24-22-26(2,3)28(30)27(4,5)23-24/h24H,6-23H2,1-5H3. The molecule has 1 fully saturated rings. The quantitative estimate of drug-likeness (QED) is 0.170. The van der Waals surface area contributed by atoms with Crippen LogP contribution in [0.2, 0.25) is 0 Å². The van der Waals surface area contributed by atoms with Crippen LogP contribution in [-0.4, -0.2) is 28.2 Å². The first kappa shape index (κ1) is 28.4. The highest BCUT2D eigenvalue weighted by Gasteiger charge is 2.47. The summed E-state index contributed by atoms with van der Waals surface area (Å²) in [7, 11) is 0. The SMILES string of the molecule is CCCCCCCCCCCCCCCCCC(=O)OC1CC(C)(C)N([O])C(C)(C)C1. The Morgan fingerprint density at radius 1 is 0.710 bits per heavy atom. The van der Waals surface area contributed by atoms with E-state index in [0.717, 1.165) is 12.8 Å². The molecule has 31 heavy (non-hydrogen) atoms. The lowest BCUT2D eigenvalue weighted by Gasteiger charge is -2.49. The van der Waals surface area contributed by atoms with Gasteiger partial charge in [-0.25, -0.2) is 0 Å². The zero-order chi connectivity index (χ0) is 23.2. The highest BCUT2D eigenvalue weighted by molar-refractivity contribution is 5.69. The largest absolute Gasteiger partial charge is 0.462 e. The monoisotopic (exact) mass is 438 g/mol. The van der Waals surface area contributed by atoms with Gasteiger partial charge in [-0.1, -0.05) is 96.8 Å². The number of carbonyl (C=O) groups is 1. The summed E-state index contributed by atoms with van der Waals surface area (Å²) in [6.07, 6.45) is 21.5. The summed E-state index contributed by atoms with van der Waals surface area (Å²) in [5, 5.41) is 13.6. The Kier molecular flexibility index (Phi) is 14.0. The van der Waals surface area contributed by atoms with Crippen molar-refractivity contribution in [3.05, 3.63) is 0 Å².